The maximum Gasteiger partial charge on any atom is 0.251 e. The lowest BCUT2D eigenvalue weighted by molar-refractivity contribution is 0.0952. The number of hydrogen-bond acceptors (Lipinski definition) is 4. The van der Waals surface area contributed by atoms with Gasteiger partial charge in [0, 0.05) is 29.7 Å². The molecule has 0 saturated heterocycles. The van der Waals surface area contributed by atoms with E-state index in [-0.39, 0.29) is 5.91 Å². The van der Waals surface area contributed by atoms with E-state index in [4.69, 9.17) is 0 Å². The third kappa shape index (κ3) is 3.59. The number of nitrogens with one attached hydrogen (secondary N) is 1. The average molecular weight is 262 g/mol. The first-order chi connectivity index (χ1) is 8.75. The minimum absolute atomic E-state index is 0.0677. The van der Waals surface area contributed by atoms with Gasteiger partial charge >= 0.3 is 0 Å². The summed E-state index contributed by atoms with van der Waals surface area (Å²) in [4.78, 5) is 12.6. The lowest BCUT2D eigenvalue weighted by atomic mass is 10.2. The van der Waals surface area contributed by atoms with E-state index in [0.717, 1.165) is 17.9 Å². The molecule has 94 valence electrons. The van der Waals surface area contributed by atoms with Crippen LogP contribution in [0.2, 0.25) is 0 Å². The highest BCUT2D eigenvalue weighted by Gasteiger charge is 2.03. The summed E-state index contributed by atoms with van der Waals surface area (Å²) in [7, 11) is 0. The Morgan fingerprint density at radius 1 is 1.33 bits per heavy atom. The van der Waals surface area contributed by atoms with Crippen molar-refractivity contribution in [1.82, 2.24) is 20.3 Å². The standard InChI is InChI=1S/C12H14N4OS/c17-12(10-2-4-11(18)5-3-10)13-6-1-8-16-9-7-14-15-16/h2-5,7,9,18H,1,6,8H2,(H,13,17). The van der Waals surface area contributed by atoms with E-state index in [1.807, 2.05) is 0 Å². The van der Waals surface area contributed by atoms with Crippen LogP contribution < -0.4 is 5.32 Å². The van der Waals surface area contributed by atoms with Crippen molar-refractivity contribution in [3.63, 3.8) is 0 Å². The summed E-state index contributed by atoms with van der Waals surface area (Å²) in [5.41, 5.74) is 0.647. The second-order valence-corrected chi connectivity index (χ2v) is 4.34. The van der Waals surface area contributed by atoms with Crippen LogP contribution in [0.15, 0.2) is 41.6 Å². The van der Waals surface area contributed by atoms with Gasteiger partial charge in [-0.05, 0) is 30.7 Å². The predicted molar refractivity (Wildman–Crippen MR) is 70.7 cm³/mol. The van der Waals surface area contributed by atoms with E-state index in [9.17, 15) is 4.79 Å². The number of amides is 1. The lowest BCUT2D eigenvalue weighted by Crippen LogP contribution is -2.25. The number of rotatable bonds is 5. The largest absolute Gasteiger partial charge is 0.352 e. The highest BCUT2D eigenvalue weighted by atomic mass is 32.1. The van der Waals surface area contributed by atoms with E-state index >= 15 is 0 Å². The predicted octanol–water partition coefficient (Wildman–Crippen LogP) is 1.39. The smallest absolute Gasteiger partial charge is 0.251 e. The summed E-state index contributed by atoms with van der Waals surface area (Å²) in [5.74, 6) is -0.0677. The molecular formula is C12H14N4OS. The van der Waals surface area contributed by atoms with Gasteiger partial charge in [-0.1, -0.05) is 5.21 Å². The minimum atomic E-state index is -0.0677. The van der Waals surface area contributed by atoms with Crippen LogP contribution in [0, 0.1) is 0 Å². The number of benzene rings is 1. The first-order valence-corrected chi connectivity index (χ1v) is 6.12. The average Bonchev–Trinajstić information content (AvgIpc) is 2.88. The molecule has 0 fully saturated rings. The highest BCUT2D eigenvalue weighted by Crippen LogP contribution is 2.07. The summed E-state index contributed by atoms with van der Waals surface area (Å²) in [6, 6.07) is 7.12. The molecule has 2 aromatic rings. The van der Waals surface area contributed by atoms with Crippen LogP contribution in [0.5, 0.6) is 0 Å². The zero-order valence-electron chi connectivity index (χ0n) is 9.78. The molecule has 6 heteroatoms. The number of carbonyl (C=O) groups is 1. The van der Waals surface area contributed by atoms with Crippen molar-refractivity contribution in [3.8, 4) is 0 Å². The number of carbonyl (C=O) groups excluding carboxylic acids is 1. The number of thiol groups is 1. The molecule has 5 nitrogen and oxygen atoms in total. The van der Waals surface area contributed by atoms with Crippen LogP contribution in [0.1, 0.15) is 16.8 Å². The molecule has 1 aromatic carbocycles. The van der Waals surface area contributed by atoms with E-state index in [2.05, 4.69) is 28.3 Å². The normalized spacial score (nSPS) is 10.3. The summed E-state index contributed by atoms with van der Waals surface area (Å²) in [5, 5.41) is 10.4. The van der Waals surface area contributed by atoms with Gasteiger partial charge in [0.25, 0.3) is 5.91 Å². The molecule has 1 amide bonds. The van der Waals surface area contributed by atoms with E-state index in [1.54, 1.807) is 41.3 Å². The molecule has 0 radical (unpaired) electrons. The monoisotopic (exact) mass is 262 g/mol. The van der Waals surface area contributed by atoms with Gasteiger partial charge < -0.3 is 5.32 Å². The maximum absolute atomic E-state index is 11.7. The SMILES string of the molecule is O=C(NCCCn1ccnn1)c1ccc(S)cc1. The van der Waals surface area contributed by atoms with Gasteiger partial charge in [0.1, 0.15) is 0 Å². The fourth-order valence-electron chi connectivity index (χ4n) is 1.51. The zero-order chi connectivity index (χ0) is 12.8. The molecule has 18 heavy (non-hydrogen) atoms. The van der Waals surface area contributed by atoms with Crippen LogP contribution in [0.25, 0.3) is 0 Å². The number of aromatic nitrogens is 3. The summed E-state index contributed by atoms with van der Waals surface area (Å²) < 4.78 is 1.74. The quantitative estimate of drug-likeness (QED) is 0.632. The molecule has 0 spiro atoms. The Morgan fingerprint density at radius 3 is 2.78 bits per heavy atom. The fraction of sp³-hybridized carbons (Fsp3) is 0.250. The number of aryl methyl sites for hydroxylation is 1. The Bertz CT molecular complexity index is 495. The van der Waals surface area contributed by atoms with Crippen LogP contribution >= 0.6 is 12.6 Å². The van der Waals surface area contributed by atoms with Crippen LogP contribution in [-0.4, -0.2) is 27.4 Å². The Hall–Kier alpha value is -1.82. The summed E-state index contributed by atoms with van der Waals surface area (Å²) in [6.07, 6.45) is 4.25. The molecule has 2 rings (SSSR count). The van der Waals surface area contributed by atoms with Crippen molar-refractivity contribution in [2.45, 2.75) is 17.9 Å². The van der Waals surface area contributed by atoms with E-state index in [0.29, 0.717) is 12.1 Å². The number of nitrogens with zero attached hydrogens (tertiary/aromatic N) is 3. The molecule has 0 bridgehead atoms. The van der Waals surface area contributed by atoms with Gasteiger partial charge in [-0.2, -0.15) is 0 Å². The third-order valence-electron chi connectivity index (χ3n) is 2.45. The van der Waals surface area contributed by atoms with Gasteiger partial charge in [0.2, 0.25) is 0 Å². The Morgan fingerprint density at radius 2 is 2.11 bits per heavy atom. The molecule has 0 aliphatic rings. The van der Waals surface area contributed by atoms with Gasteiger partial charge in [-0.25, -0.2) is 0 Å². The van der Waals surface area contributed by atoms with Gasteiger partial charge in [-0.15, -0.1) is 17.7 Å². The van der Waals surface area contributed by atoms with Crippen molar-refractivity contribution in [2.24, 2.45) is 0 Å². The summed E-state index contributed by atoms with van der Waals surface area (Å²) >= 11 is 4.17. The second kappa shape index (κ2) is 6.20. The van der Waals surface area contributed by atoms with Crippen molar-refractivity contribution < 1.29 is 4.79 Å². The van der Waals surface area contributed by atoms with Gasteiger partial charge in [0.05, 0.1) is 6.20 Å². The Labute approximate surface area is 111 Å². The lowest BCUT2D eigenvalue weighted by Gasteiger charge is -2.05. The molecule has 0 unspecified atom stereocenters. The molecule has 1 aromatic heterocycles. The molecular weight excluding hydrogens is 248 g/mol. The molecule has 1 heterocycles. The van der Waals surface area contributed by atoms with Gasteiger partial charge in [-0.3, -0.25) is 9.48 Å². The van der Waals surface area contributed by atoms with Gasteiger partial charge in [0.15, 0.2) is 0 Å². The Balaban J connectivity index is 1.73. The van der Waals surface area contributed by atoms with Crippen LogP contribution in [0.3, 0.4) is 0 Å². The topological polar surface area (TPSA) is 59.8 Å². The second-order valence-electron chi connectivity index (χ2n) is 3.82. The molecule has 0 atom stereocenters. The molecule has 1 N–H and O–H groups in total. The van der Waals surface area contributed by atoms with Crippen LogP contribution in [-0.2, 0) is 6.54 Å². The van der Waals surface area contributed by atoms with Crippen molar-refractivity contribution in [3.05, 3.63) is 42.2 Å². The Kier molecular flexibility index (Phi) is 4.35. The zero-order valence-corrected chi connectivity index (χ0v) is 10.7. The highest BCUT2D eigenvalue weighted by molar-refractivity contribution is 7.80. The third-order valence-corrected chi connectivity index (χ3v) is 2.75. The minimum Gasteiger partial charge on any atom is -0.352 e. The molecule has 0 aliphatic heterocycles. The summed E-state index contributed by atoms with van der Waals surface area (Å²) in [6.45, 7) is 1.36. The molecule has 0 aliphatic carbocycles. The molecule has 0 saturated carbocycles. The van der Waals surface area contributed by atoms with E-state index < -0.39 is 0 Å². The van der Waals surface area contributed by atoms with Crippen molar-refractivity contribution in [1.29, 1.82) is 0 Å². The number of hydrogen-bond donors (Lipinski definition) is 2. The van der Waals surface area contributed by atoms with Crippen molar-refractivity contribution in [2.75, 3.05) is 6.54 Å². The maximum atomic E-state index is 11.7. The first-order valence-electron chi connectivity index (χ1n) is 5.67. The van der Waals surface area contributed by atoms with Crippen molar-refractivity contribution >= 4 is 18.5 Å². The van der Waals surface area contributed by atoms with E-state index in [1.165, 1.54) is 0 Å². The van der Waals surface area contributed by atoms with Crippen LogP contribution in [0.4, 0.5) is 0 Å². The fourth-order valence-corrected chi connectivity index (χ4v) is 1.66. The first kappa shape index (κ1) is 12.6.